The SMILES string of the molecule is Cc1cc(CNC(=O)c2nc3n(c(=O)c2O)CC2(CCC4CCOCC4)CCC3(NC(=O)C(=O)N(C)C)CC2)ccc1F. The maximum Gasteiger partial charge on any atom is 0.311 e. The minimum Gasteiger partial charge on any atom is -0.501 e. The molecular formula is C31H40FN5O6. The van der Waals surface area contributed by atoms with Gasteiger partial charge < -0.3 is 25.4 Å². The molecule has 1 saturated carbocycles. The summed E-state index contributed by atoms with van der Waals surface area (Å²) in [6.45, 7) is 3.42. The summed E-state index contributed by atoms with van der Waals surface area (Å²) in [6, 6.07) is 4.43. The molecule has 43 heavy (non-hydrogen) atoms. The van der Waals surface area contributed by atoms with E-state index in [1.54, 1.807) is 13.0 Å². The van der Waals surface area contributed by atoms with E-state index in [2.05, 4.69) is 15.6 Å². The first-order valence-electron chi connectivity index (χ1n) is 14.9. The molecule has 232 valence electrons. The molecule has 0 spiro atoms. The number of amides is 3. The summed E-state index contributed by atoms with van der Waals surface area (Å²) in [4.78, 5) is 58.4. The van der Waals surface area contributed by atoms with Gasteiger partial charge in [-0.15, -0.1) is 0 Å². The molecule has 0 unspecified atom stereocenters. The molecule has 1 saturated heterocycles. The van der Waals surface area contributed by atoms with Crippen LogP contribution in [0.5, 0.6) is 5.75 Å². The van der Waals surface area contributed by atoms with E-state index in [9.17, 15) is 28.7 Å². The van der Waals surface area contributed by atoms with E-state index >= 15 is 0 Å². The molecule has 1 aromatic heterocycles. The number of benzene rings is 1. The van der Waals surface area contributed by atoms with E-state index in [0.29, 0.717) is 49.3 Å². The third-order valence-electron chi connectivity index (χ3n) is 9.50. The second kappa shape index (κ2) is 12.1. The van der Waals surface area contributed by atoms with Gasteiger partial charge in [-0.1, -0.05) is 12.1 Å². The van der Waals surface area contributed by atoms with Crippen LogP contribution in [0.4, 0.5) is 4.39 Å². The molecule has 3 aliphatic heterocycles. The van der Waals surface area contributed by atoms with Crippen LogP contribution in [0.25, 0.3) is 0 Å². The molecule has 2 fully saturated rings. The van der Waals surface area contributed by atoms with Gasteiger partial charge in [-0.25, -0.2) is 9.37 Å². The smallest absolute Gasteiger partial charge is 0.311 e. The Morgan fingerprint density at radius 3 is 2.51 bits per heavy atom. The minimum atomic E-state index is -1.17. The number of aryl methyl sites for hydroxylation is 1. The third-order valence-corrected chi connectivity index (χ3v) is 9.50. The van der Waals surface area contributed by atoms with Gasteiger partial charge in [-0.3, -0.25) is 23.7 Å². The molecule has 2 aromatic rings. The Kier molecular flexibility index (Phi) is 8.60. The number of ether oxygens (including phenoxy) is 1. The van der Waals surface area contributed by atoms with Gasteiger partial charge in [-0.05, 0) is 86.8 Å². The van der Waals surface area contributed by atoms with E-state index in [4.69, 9.17) is 4.74 Å². The predicted octanol–water partition coefficient (Wildman–Crippen LogP) is 2.51. The number of nitrogens with zero attached hydrogens (tertiary/aromatic N) is 3. The fraction of sp³-hybridized carbons (Fsp3) is 0.581. The van der Waals surface area contributed by atoms with Crippen LogP contribution in [0.2, 0.25) is 0 Å². The van der Waals surface area contributed by atoms with Crippen LogP contribution in [0, 0.1) is 24.1 Å². The highest BCUT2D eigenvalue weighted by Gasteiger charge is 2.52. The van der Waals surface area contributed by atoms with Crippen LogP contribution in [0.1, 0.15) is 78.8 Å². The summed E-state index contributed by atoms with van der Waals surface area (Å²) in [7, 11) is 2.96. The molecule has 3 N–H and O–H groups in total. The molecule has 12 heteroatoms. The monoisotopic (exact) mass is 597 g/mol. The van der Waals surface area contributed by atoms with Crippen molar-refractivity contribution in [3.05, 3.63) is 57.0 Å². The number of likely N-dealkylation sites (N-methyl/N-ethyl adjacent to an activating group) is 1. The zero-order chi connectivity index (χ0) is 30.9. The van der Waals surface area contributed by atoms with Crippen LogP contribution in [0.3, 0.4) is 0 Å². The van der Waals surface area contributed by atoms with Crippen molar-refractivity contribution in [1.29, 1.82) is 0 Å². The summed E-state index contributed by atoms with van der Waals surface area (Å²) in [5.74, 6) is -2.78. The quantitative estimate of drug-likeness (QED) is 0.416. The molecule has 3 amide bonds. The van der Waals surface area contributed by atoms with E-state index in [0.717, 1.165) is 38.9 Å². The summed E-state index contributed by atoms with van der Waals surface area (Å²) in [5.41, 5.74) is -1.59. The number of carbonyl (C=O) groups excluding carboxylic acids is 3. The van der Waals surface area contributed by atoms with E-state index in [-0.39, 0.29) is 23.6 Å². The van der Waals surface area contributed by atoms with E-state index < -0.39 is 40.3 Å². The first-order chi connectivity index (χ1) is 20.4. The highest BCUT2D eigenvalue weighted by atomic mass is 19.1. The minimum absolute atomic E-state index is 0.0218. The third kappa shape index (κ3) is 6.15. The molecule has 6 rings (SSSR count). The van der Waals surface area contributed by atoms with Crippen molar-refractivity contribution < 1.29 is 28.6 Å². The van der Waals surface area contributed by atoms with Crippen LogP contribution < -0.4 is 16.2 Å². The van der Waals surface area contributed by atoms with Crippen molar-refractivity contribution in [2.45, 2.75) is 76.9 Å². The molecule has 2 bridgehead atoms. The Labute approximate surface area is 249 Å². The fourth-order valence-electron chi connectivity index (χ4n) is 6.75. The average molecular weight is 598 g/mol. The van der Waals surface area contributed by atoms with Gasteiger partial charge in [-0.2, -0.15) is 0 Å². The van der Waals surface area contributed by atoms with Crippen molar-refractivity contribution in [2.75, 3.05) is 27.3 Å². The summed E-state index contributed by atoms with van der Waals surface area (Å²) >= 11 is 0. The number of carbonyl (C=O) groups is 3. The molecule has 0 atom stereocenters. The van der Waals surface area contributed by atoms with Gasteiger partial charge >= 0.3 is 11.8 Å². The Morgan fingerprint density at radius 2 is 1.86 bits per heavy atom. The second-order valence-electron chi connectivity index (χ2n) is 12.6. The Hall–Kier alpha value is -3.80. The van der Waals surface area contributed by atoms with Crippen molar-refractivity contribution in [2.24, 2.45) is 11.3 Å². The highest BCUT2D eigenvalue weighted by Crippen LogP contribution is 2.52. The van der Waals surface area contributed by atoms with Gasteiger partial charge in [0.05, 0.1) is 5.54 Å². The molecule has 4 aliphatic rings. The van der Waals surface area contributed by atoms with E-state index in [1.165, 1.54) is 35.7 Å². The number of aromatic nitrogens is 2. The number of nitrogens with one attached hydrogen (secondary N) is 2. The number of hydrogen-bond acceptors (Lipinski definition) is 7. The van der Waals surface area contributed by atoms with Crippen LogP contribution in [-0.4, -0.2) is 64.6 Å². The molecule has 4 heterocycles. The zero-order valence-electron chi connectivity index (χ0n) is 25.0. The first kappa shape index (κ1) is 30.7. The van der Waals surface area contributed by atoms with Gasteiger partial charge in [0.1, 0.15) is 11.6 Å². The van der Waals surface area contributed by atoms with Crippen molar-refractivity contribution in [3.8, 4) is 5.75 Å². The first-order valence-corrected chi connectivity index (χ1v) is 14.9. The second-order valence-corrected chi connectivity index (χ2v) is 12.6. The highest BCUT2D eigenvalue weighted by molar-refractivity contribution is 6.35. The van der Waals surface area contributed by atoms with E-state index in [1.807, 2.05) is 0 Å². The zero-order valence-corrected chi connectivity index (χ0v) is 25.0. The lowest BCUT2D eigenvalue weighted by Crippen LogP contribution is -2.54. The molecule has 1 aliphatic carbocycles. The summed E-state index contributed by atoms with van der Waals surface area (Å²) in [6.07, 6.45) is 6.07. The number of hydrogen-bond donors (Lipinski definition) is 3. The van der Waals surface area contributed by atoms with Gasteiger partial charge in [0.15, 0.2) is 5.69 Å². The van der Waals surface area contributed by atoms with Crippen molar-refractivity contribution in [1.82, 2.24) is 25.1 Å². The lowest BCUT2D eigenvalue weighted by atomic mass is 9.65. The van der Waals surface area contributed by atoms with Crippen LogP contribution in [-0.2, 0) is 33.0 Å². The Balaban J connectivity index is 1.49. The number of rotatable bonds is 7. The van der Waals surface area contributed by atoms with Crippen LogP contribution in [0.15, 0.2) is 23.0 Å². The standard InChI is InChI=1S/C31H40FN5O6/c1-19-16-21(4-5-22(19)32)17-33-25(39)23-24(38)27(41)37-18-30(9-6-20-7-14-43-15-8-20)10-12-31(13-11-30,29(37)34-23)35-26(40)28(42)36(2)3/h4-5,16,20,38H,6-15,17-18H2,1-3H3,(H,33,39)(H,35,40). The normalized spacial score (nSPS) is 23.3. The number of fused-ring (bicyclic) bond motifs is 2. The maximum atomic E-state index is 13.7. The van der Waals surface area contributed by atoms with Crippen molar-refractivity contribution >= 4 is 17.7 Å². The van der Waals surface area contributed by atoms with Crippen molar-refractivity contribution in [3.63, 3.8) is 0 Å². The van der Waals surface area contributed by atoms with Gasteiger partial charge in [0, 0.05) is 40.4 Å². The number of halogens is 1. The maximum absolute atomic E-state index is 13.7. The number of aromatic hydroxyl groups is 1. The largest absolute Gasteiger partial charge is 0.501 e. The van der Waals surface area contributed by atoms with Gasteiger partial charge in [0.25, 0.3) is 11.5 Å². The molecule has 1 aromatic carbocycles. The lowest BCUT2D eigenvalue weighted by Gasteiger charge is -2.43. The summed E-state index contributed by atoms with van der Waals surface area (Å²) in [5, 5.41) is 16.5. The predicted molar refractivity (Wildman–Crippen MR) is 155 cm³/mol. The molecular weight excluding hydrogens is 557 g/mol. The molecule has 11 nitrogen and oxygen atoms in total. The summed E-state index contributed by atoms with van der Waals surface area (Å²) < 4.78 is 20.6. The van der Waals surface area contributed by atoms with Crippen LogP contribution >= 0.6 is 0 Å². The Bertz CT molecular complexity index is 1470. The fourth-order valence-corrected chi connectivity index (χ4v) is 6.75. The lowest BCUT2D eigenvalue weighted by molar-refractivity contribution is -0.145. The topological polar surface area (TPSA) is 143 Å². The van der Waals surface area contributed by atoms with Gasteiger partial charge in [0.2, 0.25) is 5.75 Å². The average Bonchev–Trinajstić information content (AvgIpc) is 3.21. The molecule has 0 radical (unpaired) electrons. The Morgan fingerprint density at radius 1 is 1.16 bits per heavy atom.